The van der Waals surface area contributed by atoms with Crippen LogP contribution in [-0.2, 0) is 17.5 Å². The van der Waals surface area contributed by atoms with Gasteiger partial charge in [0.25, 0.3) is 5.91 Å². The third kappa shape index (κ3) is 3.00. The van der Waals surface area contributed by atoms with Gasteiger partial charge in [0.15, 0.2) is 5.76 Å². The molecule has 34 heavy (non-hydrogen) atoms. The van der Waals surface area contributed by atoms with Crippen LogP contribution in [-0.4, -0.2) is 41.3 Å². The Hall–Kier alpha value is -3.31. The van der Waals surface area contributed by atoms with E-state index in [0.717, 1.165) is 37.6 Å². The summed E-state index contributed by atoms with van der Waals surface area (Å²) in [6.07, 6.45) is 6.18. The van der Waals surface area contributed by atoms with Crippen molar-refractivity contribution in [3.63, 3.8) is 0 Å². The first kappa shape index (κ1) is 21.2. The van der Waals surface area contributed by atoms with Gasteiger partial charge in [0.1, 0.15) is 0 Å². The highest BCUT2D eigenvalue weighted by molar-refractivity contribution is 5.93. The number of nitrogens with one attached hydrogen (secondary N) is 1. The summed E-state index contributed by atoms with van der Waals surface area (Å²) < 4.78 is 5.57. The number of benzene rings is 2. The van der Waals surface area contributed by atoms with Gasteiger partial charge in [-0.15, -0.1) is 0 Å². The van der Waals surface area contributed by atoms with Crippen LogP contribution in [0, 0.1) is 0 Å². The number of aromatic nitrogens is 1. The standard InChI is InChI=1S/C29H31N3O2/c1-31(2)28(21-9-4-3-5-10-21)15-17-29(18-16-28)26-23(22-11-6-7-12-24(22)30-26)14-19-32(29)27(33)25-13-8-20-34-25/h3-13,20,30H,14-19H2,1-2H3. The van der Waals surface area contributed by atoms with Crippen molar-refractivity contribution in [2.75, 3.05) is 20.6 Å². The number of amides is 1. The number of aromatic amines is 1. The van der Waals surface area contributed by atoms with Crippen LogP contribution in [0.4, 0.5) is 0 Å². The molecule has 0 atom stereocenters. The second-order valence-corrected chi connectivity index (χ2v) is 10.0. The van der Waals surface area contributed by atoms with Crippen LogP contribution < -0.4 is 0 Å². The number of para-hydroxylation sites is 1. The van der Waals surface area contributed by atoms with Crippen LogP contribution >= 0.6 is 0 Å². The van der Waals surface area contributed by atoms with Gasteiger partial charge in [-0.05, 0) is 75.5 Å². The summed E-state index contributed by atoms with van der Waals surface area (Å²) in [5.74, 6) is 0.415. The second-order valence-electron chi connectivity index (χ2n) is 10.0. The zero-order valence-electron chi connectivity index (χ0n) is 19.9. The fourth-order valence-electron chi connectivity index (χ4n) is 6.60. The average molecular weight is 454 g/mol. The van der Waals surface area contributed by atoms with E-state index < -0.39 is 0 Å². The SMILES string of the molecule is CN(C)C1(c2ccccc2)CCC2(CC1)c1[nH]c3ccccc3c1CCN2C(=O)c1ccco1. The number of fused-ring (bicyclic) bond motifs is 4. The van der Waals surface area contributed by atoms with Gasteiger partial charge in [0, 0.05) is 28.7 Å². The van der Waals surface area contributed by atoms with Crippen molar-refractivity contribution in [3.05, 3.63) is 95.6 Å². The van der Waals surface area contributed by atoms with Gasteiger partial charge in [0.2, 0.25) is 0 Å². The molecule has 1 N–H and O–H groups in total. The fourth-order valence-corrected chi connectivity index (χ4v) is 6.60. The van der Waals surface area contributed by atoms with Gasteiger partial charge < -0.3 is 14.3 Å². The van der Waals surface area contributed by atoms with Crippen molar-refractivity contribution < 1.29 is 9.21 Å². The lowest BCUT2D eigenvalue weighted by atomic mass is 9.65. The summed E-state index contributed by atoms with van der Waals surface area (Å²) in [4.78, 5) is 22.0. The Labute approximate surface area is 200 Å². The molecular formula is C29H31N3O2. The third-order valence-electron chi connectivity index (χ3n) is 8.43. The van der Waals surface area contributed by atoms with Crippen LogP contribution in [0.3, 0.4) is 0 Å². The first-order valence-electron chi connectivity index (χ1n) is 12.2. The maximum Gasteiger partial charge on any atom is 0.290 e. The van der Waals surface area contributed by atoms with Crippen molar-refractivity contribution in [3.8, 4) is 0 Å². The Morgan fingerprint density at radius 2 is 1.68 bits per heavy atom. The molecule has 2 aromatic heterocycles. The van der Waals surface area contributed by atoms with E-state index in [9.17, 15) is 4.79 Å². The number of H-pyrrole nitrogens is 1. The van der Waals surface area contributed by atoms with Crippen LogP contribution in [0.15, 0.2) is 77.4 Å². The van der Waals surface area contributed by atoms with E-state index in [0.29, 0.717) is 12.3 Å². The zero-order valence-corrected chi connectivity index (χ0v) is 19.9. The number of carbonyl (C=O) groups excluding carboxylic acids is 1. The summed E-state index contributed by atoms with van der Waals surface area (Å²) >= 11 is 0. The maximum absolute atomic E-state index is 13.7. The Kier molecular flexibility index (Phi) is 4.92. The zero-order chi connectivity index (χ0) is 23.3. The first-order chi connectivity index (χ1) is 16.6. The summed E-state index contributed by atoms with van der Waals surface area (Å²) in [5, 5.41) is 1.29. The molecule has 4 aromatic rings. The van der Waals surface area contributed by atoms with Crippen molar-refractivity contribution in [2.24, 2.45) is 0 Å². The van der Waals surface area contributed by atoms with Crippen LogP contribution in [0.25, 0.3) is 10.9 Å². The molecule has 2 aliphatic rings. The monoisotopic (exact) mass is 453 g/mol. The van der Waals surface area contributed by atoms with E-state index in [2.05, 4.69) is 83.5 Å². The van der Waals surface area contributed by atoms with Crippen molar-refractivity contribution in [1.82, 2.24) is 14.8 Å². The lowest BCUT2D eigenvalue weighted by Crippen LogP contribution is -2.58. The molecule has 6 rings (SSSR count). The van der Waals surface area contributed by atoms with Crippen LogP contribution in [0.2, 0.25) is 0 Å². The van der Waals surface area contributed by atoms with Crippen molar-refractivity contribution in [2.45, 2.75) is 43.2 Å². The van der Waals surface area contributed by atoms with Gasteiger partial charge in [-0.3, -0.25) is 9.69 Å². The second kappa shape index (κ2) is 7.88. The summed E-state index contributed by atoms with van der Waals surface area (Å²) in [7, 11) is 4.37. The first-order valence-corrected chi connectivity index (χ1v) is 12.2. The van der Waals surface area contributed by atoms with Gasteiger partial charge >= 0.3 is 0 Å². The van der Waals surface area contributed by atoms with Gasteiger partial charge in [-0.2, -0.15) is 0 Å². The molecule has 5 nitrogen and oxygen atoms in total. The molecule has 1 aliphatic heterocycles. The molecule has 0 bridgehead atoms. The predicted molar refractivity (Wildman–Crippen MR) is 134 cm³/mol. The number of nitrogens with zero attached hydrogens (tertiary/aromatic N) is 2. The molecule has 5 heteroatoms. The Bertz CT molecular complexity index is 1310. The number of furan rings is 1. The highest BCUT2D eigenvalue weighted by Crippen LogP contribution is 2.53. The number of rotatable bonds is 3. The van der Waals surface area contributed by atoms with E-state index in [1.807, 2.05) is 0 Å². The van der Waals surface area contributed by atoms with Gasteiger partial charge in [-0.25, -0.2) is 0 Å². The quantitative estimate of drug-likeness (QED) is 0.434. The number of carbonyl (C=O) groups is 1. The number of hydrogen-bond acceptors (Lipinski definition) is 3. The molecule has 3 heterocycles. The average Bonchev–Trinajstić information content (AvgIpc) is 3.54. The summed E-state index contributed by atoms with van der Waals surface area (Å²) in [6.45, 7) is 0.703. The normalized spacial score (nSPS) is 24.6. The smallest absolute Gasteiger partial charge is 0.290 e. The lowest BCUT2D eigenvalue weighted by Gasteiger charge is -2.55. The summed E-state index contributed by atoms with van der Waals surface area (Å²) in [5.41, 5.74) is 4.69. The summed E-state index contributed by atoms with van der Waals surface area (Å²) in [6, 6.07) is 23.0. The minimum atomic E-state index is -0.370. The third-order valence-corrected chi connectivity index (χ3v) is 8.43. The van der Waals surface area contributed by atoms with Gasteiger partial charge in [-0.1, -0.05) is 48.5 Å². The molecule has 1 fully saturated rings. The minimum absolute atomic E-state index is 0.00799. The van der Waals surface area contributed by atoms with E-state index in [-0.39, 0.29) is 17.0 Å². The number of hydrogen-bond donors (Lipinski definition) is 1. The Morgan fingerprint density at radius 1 is 0.941 bits per heavy atom. The molecule has 1 spiro atoms. The highest BCUT2D eigenvalue weighted by Gasteiger charge is 2.53. The van der Waals surface area contributed by atoms with Crippen molar-refractivity contribution >= 4 is 16.8 Å². The van der Waals surface area contributed by atoms with E-state index in [1.165, 1.54) is 22.2 Å². The van der Waals surface area contributed by atoms with Crippen LogP contribution in [0.1, 0.15) is 53.1 Å². The molecule has 1 aliphatic carbocycles. The van der Waals surface area contributed by atoms with E-state index in [1.54, 1.807) is 18.4 Å². The van der Waals surface area contributed by atoms with Gasteiger partial charge in [0.05, 0.1) is 11.8 Å². The molecular weight excluding hydrogens is 422 g/mol. The maximum atomic E-state index is 13.7. The fraction of sp³-hybridized carbons (Fsp3) is 0.345. The van der Waals surface area contributed by atoms with Crippen molar-refractivity contribution in [1.29, 1.82) is 0 Å². The molecule has 0 radical (unpaired) electrons. The molecule has 0 saturated heterocycles. The molecule has 2 aromatic carbocycles. The topological polar surface area (TPSA) is 52.5 Å². The largest absolute Gasteiger partial charge is 0.459 e. The highest BCUT2D eigenvalue weighted by atomic mass is 16.3. The Balaban J connectivity index is 1.47. The molecule has 0 unspecified atom stereocenters. The lowest BCUT2D eigenvalue weighted by molar-refractivity contribution is -0.0156. The predicted octanol–water partition coefficient (Wildman–Crippen LogP) is 5.69. The van der Waals surface area contributed by atoms with E-state index >= 15 is 0 Å². The van der Waals surface area contributed by atoms with Crippen LogP contribution in [0.5, 0.6) is 0 Å². The molecule has 1 amide bonds. The molecule has 1 saturated carbocycles. The molecule has 174 valence electrons. The Morgan fingerprint density at radius 3 is 2.38 bits per heavy atom. The minimum Gasteiger partial charge on any atom is -0.459 e. The van der Waals surface area contributed by atoms with E-state index in [4.69, 9.17) is 4.42 Å².